The second-order valence-corrected chi connectivity index (χ2v) is 5.09. The van der Waals surface area contributed by atoms with Gasteiger partial charge in [0, 0.05) is 18.7 Å². The minimum atomic E-state index is -0.594. The van der Waals surface area contributed by atoms with Crippen molar-refractivity contribution in [3.8, 4) is 5.75 Å². The van der Waals surface area contributed by atoms with Gasteiger partial charge in [0.1, 0.15) is 5.75 Å². The van der Waals surface area contributed by atoms with Crippen molar-refractivity contribution in [1.82, 2.24) is 4.90 Å². The predicted molar refractivity (Wildman–Crippen MR) is 73.3 cm³/mol. The van der Waals surface area contributed by atoms with E-state index in [2.05, 4.69) is 0 Å². The summed E-state index contributed by atoms with van der Waals surface area (Å²) >= 11 is 6.06. The van der Waals surface area contributed by atoms with E-state index in [1.54, 1.807) is 30.0 Å². The van der Waals surface area contributed by atoms with Crippen molar-refractivity contribution >= 4 is 17.5 Å². The lowest BCUT2D eigenvalue weighted by molar-refractivity contribution is -0.136. The third-order valence-corrected chi connectivity index (χ3v) is 3.58. The number of amides is 1. The number of ether oxygens (including phenoxy) is 1. The van der Waals surface area contributed by atoms with E-state index in [9.17, 15) is 9.90 Å². The van der Waals surface area contributed by atoms with Gasteiger partial charge in [-0.3, -0.25) is 4.79 Å². The molecule has 1 aromatic carbocycles. The number of carbonyl (C=O) groups excluding carboxylic acids is 1. The molecule has 0 saturated carbocycles. The van der Waals surface area contributed by atoms with E-state index in [0.29, 0.717) is 16.3 Å². The fraction of sp³-hybridized carbons (Fsp3) is 0.500. The number of aliphatic hydroxyl groups is 1. The molecule has 5 heteroatoms. The molecule has 1 fully saturated rings. The van der Waals surface area contributed by atoms with Gasteiger partial charge in [-0.2, -0.15) is 0 Å². The predicted octanol–water partition coefficient (Wildman–Crippen LogP) is 2.22. The summed E-state index contributed by atoms with van der Waals surface area (Å²) in [6, 6.07) is 5.16. The van der Waals surface area contributed by atoms with Gasteiger partial charge < -0.3 is 14.7 Å². The Morgan fingerprint density at radius 3 is 2.79 bits per heavy atom. The summed E-state index contributed by atoms with van der Waals surface area (Å²) in [5.41, 5.74) is 0.591. The lowest BCUT2D eigenvalue weighted by Gasteiger charge is -2.22. The van der Waals surface area contributed by atoms with Crippen LogP contribution in [0.15, 0.2) is 18.2 Å². The van der Waals surface area contributed by atoms with Gasteiger partial charge in [0.25, 0.3) is 5.91 Å². The van der Waals surface area contributed by atoms with Gasteiger partial charge >= 0.3 is 0 Å². The molecular weight excluding hydrogens is 266 g/mol. The van der Waals surface area contributed by atoms with Crippen LogP contribution in [0.1, 0.15) is 25.3 Å². The van der Waals surface area contributed by atoms with Crippen LogP contribution >= 0.6 is 11.6 Å². The van der Waals surface area contributed by atoms with Crippen molar-refractivity contribution in [2.45, 2.75) is 32.5 Å². The van der Waals surface area contributed by atoms with Gasteiger partial charge in [-0.1, -0.05) is 23.7 Å². The quantitative estimate of drug-likeness (QED) is 0.922. The lowest BCUT2D eigenvalue weighted by Crippen LogP contribution is -2.38. The van der Waals surface area contributed by atoms with Gasteiger partial charge in [0.15, 0.2) is 6.10 Å². The minimum absolute atomic E-state index is 0.0266. The Labute approximate surface area is 117 Å². The van der Waals surface area contributed by atoms with Gasteiger partial charge in [-0.15, -0.1) is 0 Å². The van der Waals surface area contributed by atoms with Crippen LogP contribution in [0.4, 0.5) is 0 Å². The number of rotatable bonds is 4. The molecule has 1 N–H and O–H groups in total. The molecule has 4 nitrogen and oxygen atoms in total. The fourth-order valence-electron chi connectivity index (χ4n) is 2.23. The monoisotopic (exact) mass is 283 g/mol. The number of para-hydroxylation sites is 1. The van der Waals surface area contributed by atoms with Gasteiger partial charge in [-0.25, -0.2) is 0 Å². The first-order valence-electron chi connectivity index (χ1n) is 6.47. The molecule has 0 radical (unpaired) electrons. The molecule has 1 unspecified atom stereocenters. The molecule has 1 aliphatic heterocycles. The number of aliphatic hydroxyl groups excluding tert-OH is 1. The van der Waals surface area contributed by atoms with Crippen LogP contribution in [0.3, 0.4) is 0 Å². The molecule has 2 rings (SSSR count). The molecule has 0 aromatic heterocycles. The van der Waals surface area contributed by atoms with E-state index in [1.165, 1.54) is 0 Å². The van der Waals surface area contributed by atoms with Gasteiger partial charge in [0.2, 0.25) is 0 Å². The van der Waals surface area contributed by atoms with Crippen LogP contribution in [-0.4, -0.2) is 35.1 Å². The molecule has 104 valence electrons. The molecule has 1 saturated heterocycles. The van der Waals surface area contributed by atoms with E-state index in [0.717, 1.165) is 25.9 Å². The van der Waals surface area contributed by atoms with Crippen molar-refractivity contribution in [1.29, 1.82) is 0 Å². The Balaban J connectivity index is 2.09. The summed E-state index contributed by atoms with van der Waals surface area (Å²) < 4.78 is 5.66. The highest BCUT2D eigenvalue weighted by Crippen LogP contribution is 2.30. The fourth-order valence-corrected chi connectivity index (χ4v) is 2.47. The van der Waals surface area contributed by atoms with E-state index in [1.807, 2.05) is 0 Å². The molecule has 1 amide bonds. The lowest BCUT2D eigenvalue weighted by atomic mass is 10.2. The normalized spacial score (nSPS) is 16.5. The minimum Gasteiger partial charge on any atom is -0.479 e. The number of hydrogen-bond donors (Lipinski definition) is 1. The number of carbonyl (C=O) groups is 1. The van der Waals surface area contributed by atoms with Crippen molar-refractivity contribution in [3.05, 3.63) is 28.8 Å². The van der Waals surface area contributed by atoms with E-state index < -0.39 is 6.10 Å². The number of benzene rings is 1. The van der Waals surface area contributed by atoms with E-state index >= 15 is 0 Å². The Morgan fingerprint density at radius 1 is 1.47 bits per heavy atom. The van der Waals surface area contributed by atoms with E-state index in [-0.39, 0.29) is 12.5 Å². The highest BCUT2D eigenvalue weighted by molar-refractivity contribution is 6.32. The number of likely N-dealkylation sites (tertiary alicyclic amines) is 1. The Hall–Kier alpha value is -1.26. The molecule has 1 aromatic rings. The smallest absolute Gasteiger partial charge is 0.263 e. The topological polar surface area (TPSA) is 49.8 Å². The molecule has 0 aliphatic carbocycles. The summed E-state index contributed by atoms with van der Waals surface area (Å²) in [4.78, 5) is 14.0. The average Bonchev–Trinajstić information content (AvgIpc) is 2.94. The molecule has 0 bridgehead atoms. The number of halogens is 1. The van der Waals surface area contributed by atoms with Crippen molar-refractivity contribution < 1.29 is 14.6 Å². The summed E-state index contributed by atoms with van der Waals surface area (Å²) in [6.07, 6.45) is 1.50. The summed E-state index contributed by atoms with van der Waals surface area (Å²) in [5, 5.41) is 9.68. The summed E-state index contributed by atoms with van der Waals surface area (Å²) in [6.45, 7) is 3.13. The van der Waals surface area contributed by atoms with Crippen LogP contribution in [0, 0.1) is 0 Å². The largest absolute Gasteiger partial charge is 0.479 e. The standard InChI is InChI=1S/C14H18ClNO3/c1-10(14(18)16-7-2-3-8-16)19-13-11(9-17)5-4-6-12(13)15/h4-6,10,17H,2-3,7-9H2,1H3. The molecule has 1 aliphatic rings. The van der Waals surface area contributed by atoms with Crippen molar-refractivity contribution in [3.63, 3.8) is 0 Å². The molecule has 1 atom stereocenters. The number of nitrogens with zero attached hydrogens (tertiary/aromatic N) is 1. The third-order valence-electron chi connectivity index (χ3n) is 3.28. The summed E-state index contributed by atoms with van der Waals surface area (Å²) in [5.74, 6) is 0.369. The first-order chi connectivity index (χ1) is 9.13. The Kier molecular flexibility index (Phi) is 4.66. The zero-order chi connectivity index (χ0) is 13.8. The van der Waals surface area contributed by atoms with Crippen LogP contribution in [0.25, 0.3) is 0 Å². The SMILES string of the molecule is CC(Oc1c(Cl)cccc1CO)C(=O)N1CCCC1. The van der Waals surface area contributed by atoms with E-state index in [4.69, 9.17) is 16.3 Å². The zero-order valence-corrected chi connectivity index (χ0v) is 11.7. The second kappa shape index (κ2) is 6.26. The maximum absolute atomic E-state index is 12.2. The van der Waals surface area contributed by atoms with Crippen molar-refractivity contribution in [2.24, 2.45) is 0 Å². The highest BCUT2D eigenvalue weighted by Gasteiger charge is 2.25. The van der Waals surface area contributed by atoms with Gasteiger partial charge in [-0.05, 0) is 25.8 Å². The summed E-state index contributed by atoms with van der Waals surface area (Å²) in [7, 11) is 0. The second-order valence-electron chi connectivity index (χ2n) is 4.68. The molecule has 19 heavy (non-hydrogen) atoms. The Bertz CT molecular complexity index is 458. The van der Waals surface area contributed by atoms with Crippen LogP contribution in [0.5, 0.6) is 5.75 Å². The first kappa shape index (κ1) is 14.2. The van der Waals surface area contributed by atoms with Gasteiger partial charge in [0.05, 0.1) is 11.6 Å². The van der Waals surface area contributed by atoms with Crippen LogP contribution in [-0.2, 0) is 11.4 Å². The number of hydrogen-bond acceptors (Lipinski definition) is 3. The highest BCUT2D eigenvalue weighted by atomic mass is 35.5. The average molecular weight is 284 g/mol. The maximum atomic E-state index is 12.2. The molecular formula is C14H18ClNO3. The molecule has 0 spiro atoms. The van der Waals surface area contributed by atoms with Crippen LogP contribution < -0.4 is 4.74 Å². The van der Waals surface area contributed by atoms with Crippen LogP contribution in [0.2, 0.25) is 5.02 Å². The third kappa shape index (κ3) is 3.19. The molecule has 1 heterocycles. The first-order valence-corrected chi connectivity index (χ1v) is 6.85. The maximum Gasteiger partial charge on any atom is 0.263 e. The zero-order valence-electron chi connectivity index (χ0n) is 10.9. The van der Waals surface area contributed by atoms with Crippen molar-refractivity contribution in [2.75, 3.05) is 13.1 Å². The Morgan fingerprint density at radius 2 is 2.16 bits per heavy atom.